The van der Waals surface area contributed by atoms with Gasteiger partial charge in [0.15, 0.2) is 0 Å². The topological polar surface area (TPSA) is 3.24 Å². The van der Waals surface area contributed by atoms with E-state index in [1.54, 1.807) is 0 Å². The van der Waals surface area contributed by atoms with Gasteiger partial charge < -0.3 is 4.90 Å². The maximum absolute atomic E-state index is 8.57. The van der Waals surface area contributed by atoms with Crippen molar-refractivity contribution in [3.63, 3.8) is 0 Å². The fraction of sp³-hybridized carbons (Fsp3) is 0. The maximum Gasteiger partial charge on any atom is 0.0629 e. The summed E-state index contributed by atoms with van der Waals surface area (Å²) >= 11 is 1.83. The lowest BCUT2D eigenvalue weighted by Crippen LogP contribution is -2.10. The molecule has 0 aliphatic rings. The lowest BCUT2D eigenvalue weighted by molar-refractivity contribution is 1.30. The normalized spacial score (nSPS) is 12.6. The molecular weight excluding hydrogens is 671 g/mol. The predicted molar refractivity (Wildman–Crippen MR) is 233 cm³/mol. The molecule has 0 aliphatic heterocycles. The fourth-order valence-electron chi connectivity index (χ4n) is 7.51. The number of anilines is 3. The Balaban J connectivity index is 1.06. The van der Waals surface area contributed by atoms with Gasteiger partial charge in [0.05, 0.1) is 12.5 Å². The Bertz CT molecular complexity index is 3170. The van der Waals surface area contributed by atoms with Crippen LogP contribution in [-0.2, 0) is 0 Å². The lowest BCUT2D eigenvalue weighted by Gasteiger charge is -2.28. The largest absolute Gasteiger partial charge is 0.310 e. The molecule has 54 heavy (non-hydrogen) atoms. The second-order valence-electron chi connectivity index (χ2n) is 13.4. The molecular formula is C52H35NS. The summed E-state index contributed by atoms with van der Waals surface area (Å²) in [6, 6.07) is 62.0. The number of benzene rings is 9. The first-order chi connectivity index (χ1) is 28.8. The number of hydrogen-bond acceptors (Lipinski definition) is 2. The molecule has 9 aromatic carbocycles. The van der Waals surface area contributed by atoms with Crippen molar-refractivity contribution in [2.24, 2.45) is 0 Å². The van der Waals surface area contributed by atoms with Crippen LogP contribution in [0.5, 0.6) is 0 Å². The highest BCUT2D eigenvalue weighted by atomic mass is 32.1. The first-order valence-corrected chi connectivity index (χ1v) is 18.8. The molecule has 2 heteroatoms. The summed E-state index contributed by atoms with van der Waals surface area (Å²) in [5.74, 6) is 0. The minimum Gasteiger partial charge on any atom is -0.310 e. The van der Waals surface area contributed by atoms with Crippen LogP contribution in [0.3, 0.4) is 0 Å². The number of hydrogen-bond donors (Lipinski definition) is 0. The zero-order valence-corrected chi connectivity index (χ0v) is 30.0. The second-order valence-corrected chi connectivity index (χ2v) is 14.4. The van der Waals surface area contributed by atoms with E-state index in [1.165, 1.54) is 31.3 Å². The third-order valence-electron chi connectivity index (χ3n) is 10.2. The predicted octanol–water partition coefficient (Wildman–Crippen LogP) is 15.3. The van der Waals surface area contributed by atoms with Crippen LogP contribution in [0.2, 0.25) is 0 Å². The van der Waals surface area contributed by atoms with E-state index in [1.807, 2.05) is 53.8 Å². The molecule has 0 saturated heterocycles. The van der Waals surface area contributed by atoms with Gasteiger partial charge in [0.25, 0.3) is 0 Å². The van der Waals surface area contributed by atoms with Crippen molar-refractivity contribution in [1.82, 2.24) is 0 Å². The molecule has 0 aliphatic carbocycles. The highest BCUT2D eigenvalue weighted by Gasteiger charge is 2.18. The van der Waals surface area contributed by atoms with Crippen LogP contribution < -0.4 is 4.90 Å². The fourth-order valence-corrected chi connectivity index (χ4v) is 8.60. The molecule has 0 saturated carbocycles. The molecule has 1 aromatic heterocycles. The van der Waals surface area contributed by atoms with Gasteiger partial charge in [0, 0.05) is 36.9 Å². The average Bonchev–Trinajstić information content (AvgIpc) is 3.67. The highest BCUT2D eigenvalue weighted by Crippen LogP contribution is 2.43. The van der Waals surface area contributed by atoms with Crippen molar-refractivity contribution in [3.8, 4) is 44.5 Å². The Hall–Kier alpha value is -6.74. The minimum absolute atomic E-state index is 0.183. The van der Waals surface area contributed by atoms with E-state index >= 15 is 0 Å². The van der Waals surface area contributed by atoms with E-state index in [0.29, 0.717) is 5.56 Å². The summed E-state index contributed by atoms with van der Waals surface area (Å²) in [6.45, 7) is 0. The first-order valence-electron chi connectivity index (χ1n) is 20.5. The van der Waals surface area contributed by atoms with Crippen LogP contribution in [0.4, 0.5) is 17.1 Å². The Morgan fingerprint density at radius 3 is 1.59 bits per heavy atom. The zero-order valence-electron chi connectivity index (χ0n) is 34.2. The van der Waals surface area contributed by atoms with Crippen molar-refractivity contribution in [1.29, 1.82) is 0 Å². The second kappa shape index (κ2) is 13.7. The Labute approximate surface area is 326 Å². The number of rotatable bonds is 7. The van der Waals surface area contributed by atoms with Crippen molar-refractivity contribution < 1.29 is 6.85 Å². The summed E-state index contributed by atoms with van der Waals surface area (Å²) in [6.07, 6.45) is 0. The van der Waals surface area contributed by atoms with Gasteiger partial charge in [-0.15, -0.1) is 11.3 Å². The van der Waals surface area contributed by atoms with Gasteiger partial charge in [0.2, 0.25) is 0 Å². The van der Waals surface area contributed by atoms with E-state index in [-0.39, 0.29) is 29.7 Å². The molecule has 0 radical (unpaired) electrons. The van der Waals surface area contributed by atoms with Crippen LogP contribution in [0.15, 0.2) is 212 Å². The van der Waals surface area contributed by atoms with Crippen molar-refractivity contribution in [3.05, 3.63) is 212 Å². The van der Waals surface area contributed by atoms with Crippen molar-refractivity contribution in [2.75, 3.05) is 4.90 Å². The van der Waals surface area contributed by atoms with Gasteiger partial charge in [0.1, 0.15) is 0 Å². The quantitative estimate of drug-likeness (QED) is 0.159. The van der Waals surface area contributed by atoms with Crippen LogP contribution in [0.1, 0.15) is 6.85 Å². The summed E-state index contributed by atoms with van der Waals surface area (Å²) in [5.41, 5.74) is 10.4. The van der Waals surface area contributed by atoms with Crippen molar-refractivity contribution >= 4 is 59.3 Å². The van der Waals surface area contributed by atoms with E-state index in [0.717, 1.165) is 50.1 Å². The molecule has 254 valence electrons. The standard InChI is InChI=1S/C52H35NS/c1-3-11-36(12-4-1)38-23-28-43(29-24-38)53(44-30-25-39(26-31-44)37-13-5-2-6-14-37)50-33-32-45(46-15-7-8-16-47(46)50)41-21-19-40(20-22-41)42-27-34-52-49(35-42)48-17-9-10-18-51(48)54-52/h1-35H/i1D,3D,4D,11D,12D. The number of nitrogens with zero attached hydrogens (tertiary/aromatic N) is 1. The molecule has 1 nitrogen and oxygen atoms in total. The van der Waals surface area contributed by atoms with Gasteiger partial charge in [-0.3, -0.25) is 0 Å². The summed E-state index contributed by atoms with van der Waals surface area (Å²) in [7, 11) is 0. The number of fused-ring (bicyclic) bond motifs is 4. The summed E-state index contributed by atoms with van der Waals surface area (Å²) in [4.78, 5) is 2.22. The maximum atomic E-state index is 8.57. The Morgan fingerprint density at radius 1 is 0.352 bits per heavy atom. The third-order valence-corrected chi connectivity index (χ3v) is 11.3. The summed E-state index contributed by atoms with van der Waals surface area (Å²) in [5, 5.41) is 4.77. The van der Waals surface area contributed by atoms with Crippen LogP contribution in [-0.4, -0.2) is 0 Å². The van der Waals surface area contributed by atoms with Gasteiger partial charge in [-0.1, -0.05) is 164 Å². The minimum atomic E-state index is -0.401. The van der Waals surface area contributed by atoms with E-state index < -0.39 is 6.04 Å². The van der Waals surface area contributed by atoms with Gasteiger partial charge in [-0.05, 0) is 98.4 Å². The molecule has 0 N–H and O–H groups in total. The Morgan fingerprint density at radius 2 is 0.870 bits per heavy atom. The van der Waals surface area contributed by atoms with Gasteiger partial charge in [-0.25, -0.2) is 0 Å². The SMILES string of the molecule is [2H]c1c([2H])c([2H])c(-c2ccc(N(c3ccc(-c4ccccc4)cc3)c3ccc(-c4ccc(-c5ccc6sc7ccccc7c6c5)cc4)c4ccccc34)cc2)c([2H])c1[2H]. The Kier molecular flexibility index (Phi) is 6.82. The monoisotopic (exact) mass is 710 g/mol. The van der Waals surface area contributed by atoms with Crippen LogP contribution in [0.25, 0.3) is 75.5 Å². The molecule has 0 bridgehead atoms. The van der Waals surface area contributed by atoms with Gasteiger partial charge >= 0.3 is 0 Å². The molecule has 0 unspecified atom stereocenters. The van der Waals surface area contributed by atoms with E-state index in [9.17, 15) is 0 Å². The van der Waals surface area contributed by atoms with Crippen molar-refractivity contribution in [2.45, 2.75) is 0 Å². The van der Waals surface area contributed by atoms with Crippen LogP contribution in [0, 0.1) is 0 Å². The molecule has 10 rings (SSSR count). The first kappa shape index (κ1) is 26.9. The zero-order chi connectivity index (χ0) is 40.2. The molecule has 10 aromatic rings. The molecule has 1 heterocycles. The summed E-state index contributed by atoms with van der Waals surface area (Å²) < 4.78 is 44.3. The van der Waals surface area contributed by atoms with E-state index in [4.69, 9.17) is 6.85 Å². The molecule has 0 spiro atoms. The molecule has 0 atom stereocenters. The lowest BCUT2D eigenvalue weighted by atomic mass is 9.94. The van der Waals surface area contributed by atoms with Gasteiger partial charge in [-0.2, -0.15) is 0 Å². The smallest absolute Gasteiger partial charge is 0.0629 e. The third kappa shape index (κ3) is 5.84. The highest BCUT2D eigenvalue weighted by molar-refractivity contribution is 7.25. The average molecular weight is 711 g/mol. The van der Waals surface area contributed by atoms with Crippen LogP contribution >= 0.6 is 11.3 Å². The number of thiophene rings is 1. The molecule has 0 amide bonds. The molecule has 0 fully saturated rings. The van der Waals surface area contributed by atoms with E-state index in [2.05, 4.69) is 144 Å².